The molecule has 2 heterocycles. The molecular weight excluding hydrogens is 268 g/mol. The van der Waals surface area contributed by atoms with Gasteiger partial charge in [-0.1, -0.05) is 30.3 Å². The number of aromatic nitrogens is 2. The maximum absolute atomic E-state index is 11.7. The van der Waals surface area contributed by atoms with Gasteiger partial charge >= 0.3 is 0 Å². The summed E-state index contributed by atoms with van der Waals surface area (Å²) in [6.07, 6.45) is 0.804. The lowest BCUT2D eigenvalue weighted by Crippen LogP contribution is -2.05. The van der Waals surface area contributed by atoms with E-state index in [0.29, 0.717) is 10.2 Å². The van der Waals surface area contributed by atoms with Crippen molar-refractivity contribution in [2.45, 2.75) is 6.42 Å². The molecule has 5 heteroatoms. The van der Waals surface area contributed by atoms with Crippen molar-refractivity contribution in [2.75, 3.05) is 0 Å². The quantitative estimate of drug-likeness (QED) is 0.731. The van der Waals surface area contributed by atoms with Gasteiger partial charge in [0.15, 0.2) is 0 Å². The standard InChI is InChI=1S/C13H9ClN2OS/c14-13-15-10-7-9(18-11(10)12(17)16-13)6-8-4-2-1-3-5-8/h1-5,7H,6H2,(H,15,16,17). The second-order valence-electron chi connectivity index (χ2n) is 3.95. The number of H-pyrrole nitrogens is 1. The number of benzene rings is 1. The van der Waals surface area contributed by atoms with Crippen LogP contribution in [0.2, 0.25) is 5.28 Å². The van der Waals surface area contributed by atoms with Gasteiger partial charge in [-0.05, 0) is 23.2 Å². The molecule has 0 unspecified atom stereocenters. The molecule has 0 aliphatic carbocycles. The number of fused-ring (bicyclic) bond motifs is 1. The predicted molar refractivity (Wildman–Crippen MR) is 74.5 cm³/mol. The molecule has 3 rings (SSSR count). The Morgan fingerprint density at radius 1 is 1.28 bits per heavy atom. The second kappa shape index (κ2) is 4.55. The van der Waals surface area contributed by atoms with E-state index in [1.807, 2.05) is 24.3 Å². The molecule has 90 valence electrons. The Balaban J connectivity index is 2.04. The van der Waals surface area contributed by atoms with E-state index in [4.69, 9.17) is 11.6 Å². The largest absolute Gasteiger partial charge is 0.296 e. The summed E-state index contributed by atoms with van der Waals surface area (Å²) in [5, 5.41) is 0.136. The molecule has 0 fully saturated rings. The molecule has 0 bridgehead atoms. The third kappa shape index (κ3) is 2.17. The molecule has 1 aromatic carbocycles. The lowest BCUT2D eigenvalue weighted by atomic mass is 10.1. The Morgan fingerprint density at radius 2 is 2.06 bits per heavy atom. The predicted octanol–water partition coefficient (Wildman–Crippen LogP) is 3.23. The van der Waals surface area contributed by atoms with Crippen molar-refractivity contribution in [3.05, 3.63) is 62.5 Å². The number of halogens is 1. The summed E-state index contributed by atoms with van der Waals surface area (Å²) in [5.41, 5.74) is 1.71. The first-order valence-electron chi connectivity index (χ1n) is 5.44. The van der Waals surface area contributed by atoms with E-state index in [9.17, 15) is 4.79 Å². The van der Waals surface area contributed by atoms with Gasteiger partial charge in [-0.3, -0.25) is 9.78 Å². The van der Waals surface area contributed by atoms with Crippen molar-refractivity contribution < 1.29 is 0 Å². The molecule has 0 atom stereocenters. The van der Waals surface area contributed by atoms with Crippen LogP contribution in [0.4, 0.5) is 0 Å². The fourth-order valence-corrected chi connectivity index (χ4v) is 3.05. The van der Waals surface area contributed by atoms with Crippen molar-refractivity contribution in [1.82, 2.24) is 9.97 Å². The molecule has 0 amide bonds. The number of hydrogen-bond donors (Lipinski definition) is 1. The summed E-state index contributed by atoms with van der Waals surface area (Å²) < 4.78 is 0.630. The zero-order valence-corrected chi connectivity index (χ0v) is 10.9. The van der Waals surface area contributed by atoms with Crippen LogP contribution in [0.5, 0.6) is 0 Å². The Morgan fingerprint density at radius 3 is 2.83 bits per heavy atom. The van der Waals surface area contributed by atoms with Gasteiger partial charge in [0.2, 0.25) is 5.28 Å². The first-order valence-corrected chi connectivity index (χ1v) is 6.64. The minimum atomic E-state index is -0.172. The van der Waals surface area contributed by atoms with E-state index in [-0.39, 0.29) is 10.8 Å². The van der Waals surface area contributed by atoms with Gasteiger partial charge in [-0.15, -0.1) is 11.3 Å². The van der Waals surface area contributed by atoms with Crippen LogP contribution in [-0.2, 0) is 6.42 Å². The van der Waals surface area contributed by atoms with Gasteiger partial charge in [0.25, 0.3) is 5.56 Å². The highest BCUT2D eigenvalue weighted by molar-refractivity contribution is 7.18. The lowest BCUT2D eigenvalue weighted by molar-refractivity contribution is 1.18. The monoisotopic (exact) mass is 276 g/mol. The van der Waals surface area contributed by atoms with Gasteiger partial charge in [-0.2, -0.15) is 0 Å². The summed E-state index contributed by atoms with van der Waals surface area (Å²) in [4.78, 5) is 19.4. The maximum atomic E-state index is 11.7. The highest BCUT2D eigenvalue weighted by Gasteiger charge is 2.08. The van der Waals surface area contributed by atoms with Gasteiger partial charge in [0, 0.05) is 11.3 Å². The van der Waals surface area contributed by atoms with Crippen LogP contribution >= 0.6 is 22.9 Å². The number of nitrogens with one attached hydrogen (secondary N) is 1. The van der Waals surface area contributed by atoms with E-state index < -0.39 is 0 Å². The first kappa shape index (κ1) is 11.4. The minimum Gasteiger partial charge on any atom is -0.296 e. The minimum absolute atomic E-state index is 0.136. The van der Waals surface area contributed by atoms with Gasteiger partial charge in [-0.25, -0.2) is 4.98 Å². The number of rotatable bonds is 2. The van der Waals surface area contributed by atoms with Crippen LogP contribution in [0.25, 0.3) is 10.2 Å². The van der Waals surface area contributed by atoms with E-state index in [1.165, 1.54) is 16.9 Å². The van der Waals surface area contributed by atoms with Gasteiger partial charge in [0.05, 0.1) is 5.52 Å². The molecule has 2 aromatic heterocycles. The van der Waals surface area contributed by atoms with Gasteiger partial charge in [0.1, 0.15) is 4.70 Å². The summed E-state index contributed by atoms with van der Waals surface area (Å²) in [6.45, 7) is 0. The molecule has 18 heavy (non-hydrogen) atoms. The van der Waals surface area contributed by atoms with Crippen molar-refractivity contribution in [3.63, 3.8) is 0 Å². The highest BCUT2D eigenvalue weighted by Crippen LogP contribution is 2.23. The van der Waals surface area contributed by atoms with Gasteiger partial charge < -0.3 is 0 Å². The molecule has 0 radical (unpaired) electrons. The summed E-state index contributed by atoms with van der Waals surface area (Å²) >= 11 is 7.19. The average molecular weight is 277 g/mol. The van der Waals surface area contributed by atoms with Crippen LogP contribution in [0.15, 0.2) is 41.2 Å². The molecule has 0 saturated heterocycles. The zero-order valence-electron chi connectivity index (χ0n) is 9.31. The number of aromatic amines is 1. The molecule has 3 aromatic rings. The summed E-state index contributed by atoms with van der Waals surface area (Å²) in [7, 11) is 0. The van der Waals surface area contributed by atoms with E-state index >= 15 is 0 Å². The van der Waals surface area contributed by atoms with Crippen LogP contribution < -0.4 is 5.56 Å². The van der Waals surface area contributed by atoms with Crippen molar-refractivity contribution >= 4 is 33.2 Å². The molecule has 0 aliphatic heterocycles. The second-order valence-corrected chi connectivity index (χ2v) is 5.44. The first-order chi connectivity index (χ1) is 8.72. The normalized spacial score (nSPS) is 10.9. The molecular formula is C13H9ClN2OS. The van der Waals surface area contributed by atoms with Crippen molar-refractivity contribution in [3.8, 4) is 0 Å². The summed E-state index contributed by atoms with van der Waals surface area (Å²) in [5.74, 6) is 0. The third-order valence-corrected chi connectivity index (χ3v) is 3.93. The van der Waals surface area contributed by atoms with Crippen LogP contribution in [-0.4, -0.2) is 9.97 Å². The van der Waals surface area contributed by atoms with Crippen LogP contribution in [0.1, 0.15) is 10.4 Å². The SMILES string of the molecule is O=c1[nH]c(Cl)nc2cc(Cc3ccccc3)sc12. The number of hydrogen-bond acceptors (Lipinski definition) is 3. The van der Waals surface area contributed by atoms with E-state index in [2.05, 4.69) is 22.1 Å². The Bertz CT molecular complexity index is 749. The Kier molecular flexibility index (Phi) is 2.89. The Hall–Kier alpha value is -1.65. The fraction of sp³-hybridized carbons (Fsp3) is 0.0769. The lowest BCUT2D eigenvalue weighted by Gasteiger charge is -1.96. The number of thiophene rings is 1. The molecule has 0 spiro atoms. The van der Waals surface area contributed by atoms with Crippen LogP contribution in [0.3, 0.4) is 0 Å². The third-order valence-electron chi connectivity index (χ3n) is 2.63. The van der Waals surface area contributed by atoms with Crippen molar-refractivity contribution in [2.24, 2.45) is 0 Å². The topological polar surface area (TPSA) is 45.8 Å². The average Bonchev–Trinajstić information content (AvgIpc) is 2.73. The molecule has 0 saturated carbocycles. The number of nitrogens with zero attached hydrogens (tertiary/aromatic N) is 1. The Labute approximate surface area is 112 Å². The van der Waals surface area contributed by atoms with Crippen molar-refractivity contribution in [1.29, 1.82) is 0 Å². The highest BCUT2D eigenvalue weighted by atomic mass is 35.5. The van der Waals surface area contributed by atoms with E-state index in [0.717, 1.165) is 11.3 Å². The molecule has 1 N–H and O–H groups in total. The zero-order chi connectivity index (χ0) is 12.5. The van der Waals surface area contributed by atoms with Crippen LogP contribution in [0, 0.1) is 0 Å². The van der Waals surface area contributed by atoms with E-state index in [1.54, 1.807) is 0 Å². The maximum Gasteiger partial charge on any atom is 0.269 e. The molecule has 0 aliphatic rings. The fourth-order valence-electron chi connectivity index (χ4n) is 1.84. The smallest absolute Gasteiger partial charge is 0.269 e. The summed E-state index contributed by atoms with van der Waals surface area (Å²) in [6, 6.07) is 12.0. The molecule has 3 nitrogen and oxygen atoms in total.